The summed E-state index contributed by atoms with van der Waals surface area (Å²) in [5.41, 5.74) is 6.00. The quantitative estimate of drug-likeness (QED) is 0.866. The van der Waals surface area contributed by atoms with Gasteiger partial charge < -0.3 is 10.5 Å². The number of hydrogen-bond donors (Lipinski definition) is 1. The second kappa shape index (κ2) is 5.26. The first kappa shape index (κ1) is 16.3. The van der Waals surface area contributed by atoms with Crippen molar-refractivity contribution in [2.45, 2.75) is 44.6 Å². The third-order valence-electron chi connectivity index (χ3n) is 3.36. The second-order valence-electron chi connectivity index (χ2n) is 6.89. The normalized spacial score (nSPS) is 22.1. The third-order valence-corrected chi connectivity index (χ3v) is 5.10. The first-order chi connectivity index (χ1) is 9.49. The zero-order valence-electron chi connectivity index (χ0n) is 13.1. The van der Waals surface area contributed by atoms with Crippen molar-refractivity contribution < 1.29 is 13.2 Å². The molecule has 0 aromatic heterocycles. The van der Waals surface area contributed by atoms with Gasteiger partial charge in [-0.25, -0.2) is 8.42 Å². The maximum atomic E-state index is 12.7. The van der Waals surface area contributed by atoms with Gasteiger partial charge in [0.1, 0.15) is 0 Å². The lowest BCUT2D eigenvalue weighted by Crippen LogP contribution is -2.58. The Balaban J connectivity index is 2.23. The van der Waals surface area contributed by atoms with Crippen molar-refractivity contribution in [2.75, 3.05) is 18.8 Å². The number of hydrogen-bond acceptors (Lipinski definition) is 4. The number of rotatable bonds is 3. The Morgan fingerprint density at radius 2 is 1.76 bits per heavy atom. The number of nitrogens with zero attached hydrogens (tertiary/aromatic N) is 1. The molecule has 1 aliphatic heterocycles. The molecular formula is C15H24N2O3S. The van der Waals surface area contributed by atoms with Crippen LogP contribution in [0.1, 0.15) is 33.3 Å². The molecule has 0 unspecified atom stereocenters. The summed E-state index contributed by atoms with van der Waals surface area (Å²) < 4.78 is 32.8. The van der Waals surface area contributed by atoms with E-state index in [2.05, 4.69) is 0 Å². The summed E-state index contributed by atoms with van der Waals surface area (Å²) in [6.45, 7) is 8.38. The number of nitrogen functional groups attached to an aromatic ring is 1. The first-order valence-electron chi connectivity index (χ1n) is 7.02. The number of sulfonamides is 1. The van der Waals surface area contributed by atoms with E-state index in [9.17, 15) is 8.42 Å². The van der Waals surface area contributed by atoms with Crippen molar-refractivity contribution in [3.63, 3.8) is 0 Å². The van der Waals surface area contributed by atoms with E-state index in [1.54, 1.807) is 24.3 Å². The van der Waals surface area contributed by atoms with E-state index in [0.29, 0.717) is 24.3 Å². The lowest BCUT2D eigenvalue weighted by atomic mass is 10.0. The number of morpholine rings is 1. The van der Waals surface area contributed by atoms with Gasteiger partial charge in [-0.3, -0.25) is 0 Å². The van der Waals surface area contributed by atoms with E-state index in [1.165, 1.54) is 4.31 Å². The van der Waals surface area contributed by atoms with Gasteiger partial charge in [0.15, 0.2) is 0 Å². The summed E-state index contributed by atoms with van der Waals surface area (Å²) in [6.07, 6.45) is 0. The van der Waals surface area contributed by atoms with Gasteiger partial charge in [-0.2, -0.15) is 4.31 Å². The fraction of sp³-hybridized carbons (Fsp3) is 0.600. The molecule has 0 aliphatic carbocycles. The van der Waals surface area contributed by atoms with Crippen molar-refractivity contribution in [3.05, 3.63) is 29.8 Å². The number of nitrogens with two attached hydrogens (primary N) is 1. The van der Waals surface area contributed by atoms with Gasteiger partial charge in [-0.05, 0) is 45.4 Å². The average Bonchev–Trinajstić information content (AvgIpc) is 2.23. The molecule has 0 radical (unpaired) electrons. The number of anilines is 1. The van der Waals surface area contributed by atoms with Crippen LogP contribution in [0.5, 0.6) is 0 Å². The Labute approximate surface area is 127 Å². The van der Waals surface area contributed by atoms with Crippen LogP contribution < -0.4 is 5.73 Å². The Kier molecular flexibility index (Phi) is 4.08. The molecule has 0 saturated carbocycles. The lowest BCUT2D eigenvalue weighted by molar-refractivity contribution is -0.163. The SMILES string of the molecule is CC1(C)CN(S(=O)(=O)Cc2cccc(N)c2)CC(C)(C)O1. The first-order valence-corrected chi connectivity index (χ1v) is 8.63. The molecule has 5 nitrogen and oxygen atoms in total. The van der Waals surface area contributed by atoms with Crippen LogP contribution in [0.15, 0.2) is 24.3 Å². The highest BCUT2D eigenvalue weighted by molar-refractivity contribution is 7.88. The van der Waals surface area contributed by atoms with Crippen LogP contribution >= 0.6 is 0 Å². The molecular weight excluding hydrogens is 288 g/mol. The zero-order chi connectivity index (χ0) is 15.9. The van der Waals surface area contributed by atoms with Gasteiger partial charge in [0, 0.05) is 18.8 Å². The van der Waals surface area contributed by atoms with Crippen molar-refractivity contribution in [1.82, 2.24) is 4.31 Å². The van der Waals surface area contributed by atoms with E-state index in [0.717, 1.165) is 0 Å². The van der Waals surface area contributed by atoms with Crippen molar-refractivity contribution >= 4 is 15.7 Å². The Morgan fingerprint density at radius 1 is 1.19 bits per heavy atom. The second-order valence-corrected chi connectivity index (χ2v) is 8.86. The Bertz CT molecular complexity index is 608. The molecule has 0 spiro atoms. The fourth-order valence-electron chi connectivity index (χ4n) is 2.90. The van der Waals surface area contributed by atoms with Gasteiger partial charge in [0.25, 0.3) is 0 Å². The predicted octanol–water partition coefficient (Wildman–Crippen LogP) is 1.99. The number of benzene rings is 1. The molecule has 1 aromatic carbocycles. The van der Waals surface area contributed by atoms with Crippen molar-refractivity contribution in [3.8, 4) is 0 Å². The van der Waals surface area contributed by atoms with E-state index in [1.807, 2.05) is 27.7 Å². The lowest BCUT2D eigenvalue weighted by Gasteiger charge is -2.46. The minimum Gasteiger partial charge on any atom is -0.399 e. The highest BCUT2D eigenvalue weighted by atomic mass is 32.2. The van der Waals surface area contributed by atoms with E-state index in [-0.39, 0.29) is 5.75 Å². The summed E-state index contributed by atoms with van der Waals surface area (Å²) in [5, 5.41) is 0. The molecule has 1 heterocycles. The van der Waals surface area contributed by atoms with Crippen LogP contribution in [0.2, 0.25) is 0 Å². The van der Waals surface area contributed by atoms with Gasteiger partial charge in [-0.15, -0.1) is 0 Å². The van der Waals surface area contributed by atoms with Gasteiger partial charge in [-0.1, -0.05) is 12.1 Å². The standard InChI is InChI=1S/C15H24N2O3S/c1-14(2)10-17(11-15(3,4)20-14)21(18,19)9-12-6-5-7-13(16)8-12/h5-8H,9-11,16H2,1-4H3. The van der Waals surface area contributed by atoms with Crippen molar-refractivity contribution in [1.29, 1.82) is 0 Å². The Hall–Kier alpha value is -1.11. The van der Waals surface area contributed by atoms with E-state index < -0.39 is 21.2 Å². The van der Waals surface area contributed by atoms with Crippen LogP contribution in [0.3, 0.4) is 0 Å². The van der Waals surface area contributed by atoms with E-state index in [4.69, 9.17) is 10.5 Å². The summed E-state index contributed by atoms with van der Waals surface area (Å²) in [6, 6.07) is 7.00. The monoisotopic (exact) mass is 312 g/mol. The maximum absolute atomic E-state index is 12.7. The molecule has 0 bridgehead atoms. The summed E-state index contributed by atoms with van der Waals surface area (Å²) in [4.78, 5) is 0. The third kappa shape index (κ3) is 4.18. The highest BCUT2D eigenvalue weighted by Crippen LogP contribution is 2.30. The molecule has 118 valence electrons. The molecule has 1 saturated heterocycles. The van der Waals surface area contributed by atoms with Gasteiger partial charge in [0.2, 0.25) is 10.0 Å². The van der Waals surface area contributed by atoms with Gasteiger partial charge in [0.05, 0.1) is 17.0 Å². The largest absolute Gasteiger partial charge is 0.399 e. The molecule has 21 heavy (non-hydrogen) atoms. The minimum absolute atomic E-state index is 0.0375. The molecule has 6 heteroatoms. The van der Waals surface area contributed by atoms with Crippen LogP contribution in [-0.2, 0) is 20.5 Å². The summed E-state index contributed by atoms with van der Waals surface area (Å²) in [7, 11) is -3.40. The van der Waals surface area contributed by atoms with Crippen LogP contribution in [-0.4, -0.2) is 37.0 Å². The topological polar surface area (TPSA) is 72.6 Å². The highest BCUT2D eigenvalue weighted by Gasteiger charge is 2.42. The molecule has 0 amide bonds. The number of ether oxygens (including phenoxy) is 1. The molecule has 1 fully saturated rings. The van der Waals surface area contributed by atoms with Crippen LogP contribution in [0.25, 0.3) is 0 Å². The minimum atomic E-state index is -3.40. The zero-order valence-corrected chi connectivity index (χ0v) is 13.9. The van der Waals surface area contributed by atoms with E-state index >= 15 is 0 Å². The summed E-state index contributed by atoms with van der Waals surface area (Å²) >= 11 is 0. The molecule has 2 rings (SSSR count). The smallest absolute Gasteiger partial charge is 0.218 e. The summed E-state index contributed by atoms with van der Waals surface area (Å²) in [5.74, 6) is -0.0375. The van der Waals surface area contributed by atoms with Crippen LogP contribution in [0.4, 0.5) is 5.69 Å². The molecule has 1 aliphatic rings. The predicted molar refractivity (Wildman–Crippen MR) is 84.3 cm³/mol. The van der Waals surface area contributed by atoms with Gasteiger partial charge >= 0.3 is 0 Å². The fourth-order valence-corrected chi connectivity index (χ4v) is 4.70. The van der Waals surface area contributed by atoms with Crippen molar-refractivity contribution in [2.24, 2.45) is 0 Å². The average molecular weight is 312 g/mol. The van der Waals surface area contributed by atoms with Crippen LogP contribution in [0, 0.1) is 0 Å². The Morgan fingerprint density at radius 3 is 2.29 bits per heavy atom. The molecule has 0 atom stereocenters. The maximum Gasteiger partial charge on any atom is 0.218 e. The molecule has 1 aromatic rings. The molecule has 2 N–H and O–H groups in total.